The van der Waals surface area contributed by atoms with Crippen LogP contribution in [0.1, 0.15) is 6.42 Å². The largest absolute Gasteiger partial charge is 0.502 e. The smallest absolute Gasteiger partial charge is 0.200 e. The number of aromatic hydroxyl groups is 2. The van der Waals surface area contributed by atoms with E-state index in [1.165, 1.54) is 28.4 Å². The second-order valence-electron chi connectivity index (χ2n) is 9.60. The van der Waals surface area contributed by atoms with Gasteiger partial charge in [0.05, 0.1) is 28.4 Å². The van der Waals surface area contributed by atoms with Crippen LogP contribution < -0.4 is 28.7 Å². The van der Waals surface area contributed by atoms with E-state index >= 15 is 0 Å². The molecule has 2 aromatic carbocycles. The van der Waals surface area contributed by atoms with Crippen molar-refractivity contribution in [2.45, 2.75) is 6.42 Å². The Kier molecular flexibility index (Phi) is 8.19. The lowest BCUT2D eigenvalue weighted by Crippen LogP contribution is -2.31. The minimum absolute atomic E-state index is 0.0256. The van der Waals surface area contributed by atoms with Crippen molar-refractivity contribution in [1.29, 1.82) is 0 Å². The number of methoxy groups -OCH3 is 4. The Balaban J connectivity index is 1.27. The molecule has 2 N–H and O–H groups in total. The molecular weight excluding hydrogens is 524 g/mol. The second-order valence-corrected chi connectivity index (χ2v) is 9.60. The molecule has 0 spiro atoms. The van der Waals surface area contributed by atoms with Gasteiger partial charge in [-0.2, -0.15) is 0 Å². The van der Waals surface area contributed by atoms with Gasteiger partial charge in [0, 0.05) is 49.7 Å². The van der Waals surface area contributed by atoms with Crippen LogP contribution in [0.3, 0.4) is 0 Å². The van der Waals surface area contributed by atoms with Gasteiger partial charge < -0.3 is 39.0 Å². The van der Waals surface area contributed by atoms with Gasteiger partial charge in [0.15, 0.2) is 23.0 Å². The maximum atomic E-state index is 10.2. The van der Waals surface area contributed by atoms with E-state index in [4.69, 9.17) is 28.9 Å². The van der Waals surface area contributed by atoms with E-state index in [0.717, 1.165) is 66.5 Å². The Labute approximate surface area is 239 Å². The first-order chi connectivity index (χ1) is 19.9. The number of hydrogen-bond donors (Lipinski definition) is 2. The lowest BCUT2D eigenvalue weighted by Gasteiger charge is -2.23. The zero-order chi connectivity index (χ0) is 28.9. The minimum atomic E-state index is -0.0256. The molecule has 0 saturated carbocycles. The fourth-order valence-corrected chi connectivity index (χ4v) is 4.98. The molecule has 0 atom stereocenters. The van der Waals surface area contributed by atoms with Gasteiger partial charge in [-0.1, -0.05) is 0 Å². The topological polar surface area (TPSA) is 110 Å². The maximum absolute atomic E-state index is 10.2. The first kappa shape index (κ1) is 27.7. The molecule has 214 valence electrons. The van der Waals surface area contributed by atoms with Gasteiger partial charge in [-0.3, -0.25) is 0 Å². The van der Waals surface area contributed by atoms with Gasteiger partial charge in [-0.15, -0.1) is 0 Å². The fraction of sp³-hybridized carbons (Fsp3) is 0.290. The average molecular weight is 559 g/mol. The van der Waals surface area contributed by atoms with Crippen LogP contribution in [-0.4, -0.2) is 74.8 Å². The molecule has 0 aliphatic carbocycles. The molecule has 3 heterocycles. The van der Waals surface area contributed by atoms with E-state index in [-0.39, 0.29) is 11.5 Å². The number of nitrogens with zero attached hydrogens (tertiary/aromatic N) is 4. The van der Waals surface area contributed by atoms with Gasteiger partial charge >= 0.3 is 0 Å². The van der Waals surface area contributed by atoms with Crippen molar-refractivity contribution in [2.75, 3.05) is 64.4 Å². The summed E-state index contributed by atoms with van der Waals surface area (Å²) in [6.45, 7) is 3.38. The highest BCUT2D eigenvalue weighted by molar-refractivity contribution is 5.72. The quantitative estimate of drug-likeness (QED) is 0.308. The number of hydrogen-bond acceptors (Lipinski definition) is 10. The number of aromatic nitrogens is 2. The Morgan fingerprint density at radius 2 is 0.902 bits per heavy atom. The van der Waals surface area contributed by atoms with Crippen molar-refractivity contribution < 1.29 is 29.2 Å². The van der Waals surface area contributed by atoms with Crippen LogP contribution in [0.25, 0.3) is 22.3 Å². The van der Waals surface area contributed by atoms with Crippen molar-refractivity contribution in [1.82, 2.24) is 9.97 Å². The van der Waals surface area contributed by atoms with Gasteiger partial charge in [0.1, 0.15) is 11.6 Å². The monoisotopic (exact) mass is 558 g/mol. The summed E-state index contributed by atoms with van der Waals surface area (Å²) in [5.41, 5.74) is 3.48. The van der Waals surface area contributed by atoms with Crippen LogP contribution in [0.4, 0.5) is 11.6 Å². The lowest BCUT2D eigenvalue weighted by molar-refractivity contribution is 0.340. The van der Waals surface area contributed by atoms with Gasteiger partial charge in [0.2, 0.25) is 11.5 Å². The highest BCUT2D eigenvalue weighted by Crippen LogP contribution is 2.41. The van der Waals surface area contributed by atoms with E-state index in [0.29, 0.717) is 23.0 Å². The van der Waals surface area contributed by atoms with Crippen LogP contribution in [-0.2, 0) is 0 Å². The molecule has 1 fully saturated rings. The van der Waals surface area contributed by atoms with Crippen LogP contribution in [0.15, 0.2) is 60.9 Å². The Morgan fingerprint density at radius 3 is 1.20 bits per heavy atom. The van der Waals surface area contributed by atoms with E-state index in [2.05, 4.69) is 9.80 Å². The Bertz CT molecular complexity index is 1330. The van der Waals surface area contributed by atoms with Crippen molar-refractivity contribution in [3.8, 4) is 56.8 Å². The normalized spacial score (nSPS) is 13.5. The van der Waals surface area contributed by atoms with Crippen molar-refractivity contribution in [3.63, 3.8) is 0 Å². The summed E-state index contributed by atoms with van der Waals surface area (Å²) in [5, 5.41) is 20.4. The SMILES string of the molecule is COc1cc(-c2ccc(N3CCCN(c4ccc(-c5cc(OC)c(O)c(OC)c5)cn4)CC3)nc2)cc(OC)c1O. The van der Waals surface area contributed by atoms with Crippen molar-refractivity contribution >= 4 is 11.6 Å². The summed E-state index contributed by atoms with van der Waals surface area (Å²) in [6.07, 6.45) is 4.62. The zero-order valence-electron chi connectivity index (χ0n) is 23.6. The molecule has 1 aliphatic heterocycles. The minimum Gasteiger partial charge on any atom is -0.502 e. The van der Waals surface area contributed by atoms with Crippen molar-refractivity contribution in [3.05, 3.63) is 60.9 Å². The molecule has 0 unspecified atom stereocenters. The lowest BCUT2D eigenvalue weighted by atomic mass is 10.1. The molecule has 41 heavy (non-hydrogen) atoms. The number of phenolic OH excluding ortho intramolecular Hbond substituents is 2. The van der Waals surface area contributed by atoms with E-state index in [1.54, 1.807) is 24.3 Å². The molecule has 0 bridgehead atoms. The average Bonchev–Trinajstić information content (AvgIpc) is 3.28. The molecule has 1 saturated heterocycles. The summed E-state index contributed by atoms with van der Waals surface area (Å²) in [7, 11) is 6.04. The Morgan fingerprint density at radius 1 is 0.537 bits per heavy atom. The molecular formula is C31H34N4O6. The third kappa shape index (κ3) is 5.72. The predicted octanol–water partition coefficient (Wildman–Crippen LogP) is 4.97. The molecule has 1 aliphatic rings. The third-order valence-electron chi connectivity index (χ3n) is 7.27. The van der Waals surface area contributed by atoms with Crippen molar-refractivity contribution in [2.24, 2.45) is 0 Å². The summed E-state index contributed by atoms with van der Waals surface area (Å²) in [6, 6.07) is 15.1. The summed E-state index contributed by atoms with van der Waals surface area (Å²) < 4.78 is 21.2. The number of pyridine rings is 2. The standard InChI is InChI=1S/C31H34N4O6/c1-38-24-14-22(15-25(39-2)30(24)36)20-6-8-28(32-18-20)34-10-5-11-35(13-12-34)29-9-7-21(19-33-29)23-16-26(40-3)31(37)27(17-23)41-4/h6-9,14-19,36-37H,5,10-13H2,1-4H3. The van der Waals surface area contributed by atoms with Gasteiger partial charge in [-0.05, 0) is 66.1 Å². The summed E-state index contributed by atoms with van der Waals surface area (Å²) in [5.74, 6) is 3.16. The van der Waals surface area contributed by atoms with E-state index in [1.807, 2.05) is 36.7 Å². The summed E-state index contributed by atoms with van der Waals surface area (Å²) in [4.78, 5) is 14.0. The highest BCUT2D eigenvalue weighted by Gasteiger charge is 2.19. The zero-order valence-corrected chi connectivity index (χ0v) is 23.6. The highest BCUT2D eigenvalue weighted by atomic mass is 16.5. The molecule has 10 heteroatoms. The van der Waals surface area contributed by atoms with Crippen LogP contribution in [0, 0.1) is 0 Å². The van der Waals surface area contributed by atoms with Crippen LogP contribution >= 0.6 is 0 Å². The van der Waals surface area contributed by atoms with Crippen LogP contribution in [0.2, 0.25) is 0 Å². The molecule has 2 aromatic heterocycles. The van der Waals surface area contributed by atoms with Gasteiger partial charge in [-0.25, -0.2) is 9.97 Å². The number of anilines is 2. The Hall–Kier alpha value is -4.86. The molecule has 10 nitrogen and oxygen atoms in total. The number of rotatable bonds is 8. The molecule has 0 amide bonds. The summed E-state index contributed by atoms with van der Waals surface area (Å²) >= 11 is 0. The fourth-order valence-electron chi connectivity index (χ4n) is 4.98. The number of phenols is 2. The maximum Gasteiger partial charge on any atom is 0.200 e. The molecule has 0 radical (unpaired) electrons. The predicted molar refractivity (Wildman–Crippen MR) is 158 cm³/mol. The van der Waals surface area contributed by atoms with E-state index < -0.39 is 0 Å². The number of ether oxygens (including phenoxy) is 4. The first-order valence-electron chi connectivity index (χ1n) is 13.3. The number of benzene rings is 2. The van der Waals surface area contributed by atoms with Crippen LogP contribution in [0.5, 0.6) is 34.5 Å². The first-order valence-corrected chi connectivity index (χ1v) is 13.3. The van der Waals surface area contributed by atoms with E-state index in [9.17, 15) is 10.2 Å². The second kappa shape index (κ2) is 12.1. The molecule has 5 rings (SSSR count). The van der Waals surface area contributed by atoms with Gasteiger partial charge in [0.25, 0.3) is 0 Å². The molecule has 4 aromatic rings. The third-order valence-corrected chi connectivity index (χ3v) is 7.27.